The van der Waals surface area contributed by atoms with E-state index in [0.717, 1.165) is 18.2 Å². The predicted molar refractivity (Wildman–Crippen MR) is 56.5 cm³/mol. The van der Waals surface area contributed by atoms with Crippen molar-refractivity contribution in [3.8, 4) is 0 Å². The number of nitrogens with zero attached hydrogens (tertiary/aromatic N) is 3. The second-order valence-corrected chi connectivity index (χ2v) is 3.53. The van der Waals surface area contributed by atoms with E-state index < -0.39 is 0 Å². The lowest BCUT2D eigenvalue weighted by Crippen LogP contribution is -2.02. The molecule has 1 aromatic rings. The van der Waals surface area contributed by atoms with Crippen molar-refractivity contribution >= 4 is 11.4 Å². The molecule has 72 valence electrons. The zero-order valence-corrected chi connectivity index (χ0v) is 7.85. The van der Waals surface area contributed by atoms with E-state index in [9.17, 15) is 0 Å². The molecule has 4 nitrogen and oxygen atoms in total. The molecule has 1 fully saturated rings. The molecule has 0 saturated heterocycles. The number of hydrogen-bond acceptors (Lipinski definition) is 2. The molecule has 0 aliphatic heterocycles. The van der Waals surface area contributed by atoms with E-state index in [1.165, 1.54) is 12.8 Å². The number of benzene rings is 1. The zero-order valence-electron chi connectivity index (χ0n) is 7.85. The van der Waals surface area contributed by atoms with Crippen molar-refractivity contribution in [3.05, 3.63) is 34.7 Å². The van der Waals surface area contributed by atoms with E-state index in [1.807, 2.05) is 24.3 Å². The summed E-state index contributed by atoms with van der Waals surface area (Å²) < 4.78 is 0. The summed E-state index contributed by atoms with van der Waals surface area (Å²) in [7, 11) is 0. The van der Waals surface area contributed by atoms with Gasteiger partial charge in [-0.25, -0.2) is 0 Å². The smallest absolute Gasteiger partial charge is 0.0606 e. The molecule has 1 aromatic carbocycles. The van der Waals surface area contributed by atoms with E-state index in [-0.39, 0.29) is 0 Å². The number of hydrogen-bond donors (Lipinski definition) is 1. The van der Waals surface area contributed by atoms with E-state index >= 15 is 0 Å². The lowest BCUT2D eigenvalue weighted by atomic mass is 10.2. The van der Waals surface area contributed by atoms with Crippen molar-refractivity contribution in [2.24, 2.45) is 11.0 Å². The minimum absolute atomic E-state index is 0.677. The maximum Gasteiger partial charge on any atom is 0.0606 e. The van der Waals surface area contributed by atoms with Crippen molar-refractivity contribution in [2.75, 3.05) is 11.9 Å². The van der Waals surface area contributed by atoms with E-state index in [2.05, 4.69) is 15.3 Å². The van der Waals surface area contributed by atoms with Gasteiger partial charge < -0.3 is 5.32 Å². The Morgan fingerprint density at radius 2 is 2.21 bits per heavy atom. The maximum atomic E-state index is 8.36. The number of nitrogens with one attached hydrogen (secondary N) is 1. The third kappa shape index (κ3) is 2.18. The zero-order chi connectivity index (χ0) is 9.80. The SMILES string of the molecule is [N-]=[N+]=Nc1ccccc1NCC1CC1. The molecule has 2 rings (SSSR count). The summed E-state index contributed by atoms with van der Waals surface area (Å²) in [6.45, 7) is 0.984. The fraction of sp³-hybridized carbons (Fsp3) is 0.400. The van der Waals surface area contributed by atoms with Crippen molar-refractivity contribution in [1.29, 1.82) is 0 Å². The van der Waals surface area contributed by atoms with Crippen LogP contribution in [-0.4, -0.2) is 6.54 Å². The van der Waals surface area contributed by atoms with Gasteiger partial charge in [0.25, 0.3) is 0 Å². The summed E-state index contributed by atoms with van der Waals surface area (Å²) in [5.41, 5.74) is 9.97. The van der Waals surface area contributed by atoms with Crippen LogP contribution in [-0.2, 0) is 0 Å². The molecule has 4 heteroatoms. The molecule has 14 heavy (non-hydrogen) atoms. The van der Waals surface area contributed by atoms with Crippen LogP contribution in [0.5, 0.6) is 0 Å². The summed E-state index contributed by atoms with van der Waals surface area (Å²) in [5.74, 6) is 0.814. The van der Waals surface area contributed by atoms with Gasteiger partial charge in [-0.05, 0) is 30.4 Å². The normalized spacial score (nSPS) is 14.6. The minimum atomic E-state index is 0.677. The fourth-order valence-corrected chi connectivity index (χ4v) is 1.33. The second kappa shape index (κ2) is 4.03. The van der Waals surface area contributed by atoms with E-state index in [4.69, 9.17) is 5.53 Å². The van der Waals surface area contributed by atoms with Gasteiger partial charge in [-0.3, -0.25) is 0 Å². The molecule has 1 aliphatic carbocycles. The molecule has 0 aromatic heterocycles. The first-order chi connectivity index (χ1) is 6.90. The standard InChI is InChI=1S/C10H12N4/c11-14-13-10-4-2-1-3-9(10)12-7-8-5-6-8/h1-4,8,12H,5-7H2. The van der Waals surface area contributed by atoms with Gasteiger partial charge in [0.1, 0.15) is 0 Å². The predicted octanol–water partition coefficient (Wildman–Crippen LogP) is 3.45. The summed E-state index contributed by atoms with van der Waals surface area (Å²) in [6, 6.07) is 7.55. The van der Waals surface area contributed by atoms with Crippen molar-refractivity contribution in [2.45, 2.75) is 12.8 Å². The average molecular weight is 188 g/mol. The van der Waals surface area contributed by atoms with Crippen LogP contribution < -0.4 is 5.32 Å². The Morgan fingerprint density at radius 1 is 1.43 bits per heavy atom. The molecule has 1 saturated carbocycles. The van der Waals surface area contributed by atoms with Gasteiger partial charge in [-0.2, -0.15) is 0 Å². The van der Waals surface area contributed by atoms with Crippen LogP contribution in [0.2, 0.25) is 0 Å². The van der Waals surface area contributed by atoms with Gasteiger partial charge in [0.2, 0.25) is 0 Å². The first-order valence-electron chi connectivity index (χ1n) is 4.78. The fourth-order valence-electron chi connectivity index (χ4n) is 1.33. The summed E-state index contributed by atoms with van der Waals surface area (Å²) in [4.78, 5) is 2.79. The highest BCUT2D eigenvalue weighted by Crippen LogP contribution is 2.31. The number of azide groups is 1. The van der Waals surface area contributed by atoms with E-state index in [1.54, 1.807) is 0 Å². The highest BCUT2D eigenvalue weighted by Gasteiger charge is 2.20. The van der Waals surface area contributed by atoms with Crippen molar-refractivity contribution in [3.63, 3.8) is 0 Å². The molecule has 1 aliphatic rings. The Hall–Kier alpha value is -1.67. The largest absolute Gasteiger partial charge is 0.384 e. The Balaban J connectivity index is 2.08. The summed E-state index contributed by atoms with van der Waals surface area (Å²) >= 11 is 0. The van der Waals surface area contributed by atoms with Gasteiger partial charge in [-0.15, -0.1) is 0 Å². The van der Waals surface area contributed by atoms with Crippen LogP contribution in [0.1, 0.15) is 12.8 Å². The molecular formula is C10H12N4. The highest BCUT2D eigenvalue weighted by molar-refractivity contribution is 5.64. The van der Waals surface area contributed by atoms with Gasteiger partial charge >= 0.3 is 0 Å². The Morgan fingerprint density at radius 3 is 2.93 bits per heavy atom. The van der Waals surface area contributed by atoms with Gasteiger partial charge in [0.05, 0.1) is 5.69 Å². The maximum absolute atomic E-state index is 8.36. The van der Waals surface area contributed by atoms with Crippen LogP contribution >= 0.6 is 0 Å². The lowest BCUT2D eigenvalue weighted by Gasteiger charge is -2.07. The van der Waals surface area contributed by atoms with Crippen LogP contribution in [0.25, 0.3) is 10.4 Å². The van der Waals surface area contributed by atoms with Crippen LogP contribution in [0, 0.1) is 5.92 Å². The highest BCUT2D eigenvalue weighted by atomic mass is 15.1. The molecule has 0 atom stereocenters. The lowest BCUT2D eigenvalue weighted by molar-refractivity contribution is 0.889. The molecule has 0 amide bonds. The van der Waals surface area contributed by atoms with Gasteiger partial charge in [0, 0.05) is 17.1 Å². The quantitative estimate of drug-likeness (QED) is 0.439. The molecule has 0 heterocycles. The van der Waals surface area contributed by atoms with Crippen LogP contribution in [0.4, 0.5) is 11.4 Å². The first kappa shape index (κ1) is 8.91. The van der Waals surface area contributed by atoms with Gasteiger partial charge in [-0.1, -0.05) is 23.3 Å². The van der Waals surface area contributed by atoms with Gasteiger partial charge in [0.15, 0.2) is 0 Å². The Kier molecular flexibility index (Phi) is 2.56. The summed E-state index contributed by atoms with van der Waals surface area (Å²) in [6.07, 6.45) is 2.63. The van der Waals surface area contributed by atoms with E-state index in [0.29, 0.717) is 5.69 Å². The first-order valence-corrected chi connectivity index (χ1v) is 4.78. The van der Waals surface area contributed by atoms with Crippen LogP contribution in [0.3, 0.4) is 0 Å². The minimum Gasteiger partial charge on any atom is -0.384 e. The molecule has 0 radical (unpaired) electrons. The monoisotopic (exact) mass is 188 g/mol. The third-order valence-corrected chi connectivity index (χ3v) is 2.33. The third-order valence-electron chi connectivity index (χ3n) is 2.33. The number of rotatable bonds is 4. The Labute approximate surface area is 82.6 Å². The van der Waals surface area contributed by atoms with Crippen LogP contribution in [0.15, 0.2) is 29.4 Å². The molecule has 0 unspecified atom stereocenters. The second-order valence-electron chi connectivity index (χ2n) is 3.53. The average Bonchev–Trinajstić information content (AvgIpc) is 3.01. The topological polar surface area (TPSA) is 60.8 Å². The molecule has 1 N–H and O–H groups in total. The molecule has 0 spiro atoms. The van der Waals surface area contributed by atoms with Crippen molar-refractivity contribution < 1.29 is 0 Å². The Bertz CT molecular complexity index is 364. The van der Waals surface area contributed by atoms with Crippen molar-refractivity contribution in [1.82, 2.24) is 0 Å². The molecular weight excluding hydrogens is 176 g/mol. The number of anilines is 1. The molecule has 0 bridgehead atoms. The number of para-hydroxylation sites is 1. The summed E-state index contributed by atoms with van der Waals surface area (Å²) in [5, 5.41) is 6.92.